The maximum absolute atomic E-state index is 12.6. The first-order chi connectivity index (χ1) is 16.6. The van der Waals surface area contributed by atoms with Crippen LogP contribution in [0, 0.1) is 0 Å². The van der Waals surface area contributed by atoms with Crippen LogP contribution in [0.4, 0.5) is 5.69 Å². The number of nitrogens with one attached hydrogen (secondary N) is 2. The molecule has 1 aromatic heterocycles. The Morgan fingerprint density at radius 2 is 2.00 bits per heavy atom. The molecule has 2 atom stereocenters. The molecule has 2 aliphatic heterocycles. The first-order valence-corrected chi connectivity index (χ1v) is 12.6. The molecule has 1 saturated heterocycles. The number of anilines is 1. The standard InChI is InChI=1S/C27H35N5O2/c1-30(23-17-20-9-7-14-24-26(20)32(18-23)27(34)29-24)15-8-13-22-12-5-6-16-31(22)19-25(33)28-21-10-3-2-4-11-21/h2-4,7,9-11,14,22-23H,5-6,8,12-13,15-19H2,1H3,(H,28,33)(H,29,34)/t22?,23-/m1/s1. The van der Waals surface area contributed by atoms with Crippen molar-refractivity contribution in [3.63, 3.8) is 0 Å². The van der Waals surface area contributed by atoms with Crippen LogP contribution in [-0.2, 0) is 17.8 Å². The maximum atomic E-state index is 12.6. The smallest absolute Gasteiger partial charge is 0.325 e. The molecule has 3 aromatic rings. The van der Waals surface area contributed by atoms with E-state index in [1.807, 2.05) is 47.0 Å². The summed E-state index contributed by atoms with van der Waals surface area (Å²) in [5.41, 5.74) is 4.12. The van der Waals surface area contributed by atoms with Crippen LogP contribution < -0.4 is 11.0 Å². The van der Waals surface area contributed by atoms with Gasteiger partial charge in [0.1, 0.15) is 0 Å². The van der Waals surface area contributed by atoms with E-state index in [9.17, 15) is 9.59 Å². The van der Waals surface area contributed by atoms with Crippen molar-refractivity contribution in [2.24, 2.45) is 0 Å². The molecule has 0 aliphatic carbocycles. The Labute approximate surface area is 200 Å². The molecule has 0 radical (unpaired) electrons. The Kier molecular flexibility index (Phi) is 6.83. The summed E-state index contributed by atoms with van der Waals surface area (Å²) in [5.74, 6) is 0.0688. The van der Waals surface area contributed by atoms with E-state index >= 15 is 0 Å². The molecule has 1 unspecified atom stereocenters. The Bertz CT molecular complexity index is 1180. The molecule has 0 saturated carbocycles. The van der Waals surface area contributed by atoms with Crippen molar-refractivity contribution in [2.45, 2.75) is 57.2 Å². The fourth-order valence-electron chi connectivity index (χ4n) is 5.72. The number of hydrogen-bond acceptors (Lipinski definition) is 4. The second-order valence-corrected chi connectivity index (χ2v) is 9.87. The number of carbonyl (C=O) groups is 1. The van der Waals surface area contributed by atoms with E-state index in [4.69, 9.17) is 0 Å². The second-order valence-electron chi connectivity index (χ2n) is 9.87. The molecule has 3 heterocycles. The molecule has 1 fully saturated rings. The van der Waals surface area contributed by atoms with Gasteiger partial charge in [0.2, 0.25) is 5.91 Å². The quantitative estimate of drug-likeness (QED) is 0.539. The number of piperidine rings is 1. The summed E-state index contributed by atoms with van der Waals surface area (Å²) in [5, 5.41) is 3.03. The number of aromatic amines is 1. The molecule has 34 heavy (non-hydrogen) atoms. The molecule has 0 spiro atoms. The van der Waals surface area contributed by atoms with E-state index in [1.54, 1.807) is 0 Å². The summed E-state index contributed by atoms with van der Waals surface area (Å²) >= 11 is 0. The summed E-state index contributed by atoms with van der Waals surface area (Å²) < 4.78 is 1.91. The summed E-state index contributed by atoms with van der Waals surface area (Å²) in [7, 11) is 2.18. The van der Waals surface area contributed by atoms with Gasteiger partial charge in [0.05, 0.1) is 17.6 Å². The third-order valence-corrected chi connectivity index (χ3v) is 7.55. The number of benzene rings is 2. The maximum Gasteiger partial charge on any atom is 0.326 e. The molecule has 7 nitrogen and oxygen atoms in total. The van der Waals surface area contributed by atoms with E-state index in [2.05, 4.69) is 33.2 Å². The van der Waals surface area contributed by atoms with Gasteiger partial charge in [-0.2, -0.15) is 0 Å². The van der Waals surface area contributed by atoms with E-state index in [0.717, 1.165) is 68.5 Å². The van der Waals surface area contributed by atoms with Crippen molar-refractivity contribution in [3.05, 3.63) is 64.6 Å². The Morgan fingerprint density at radius 3 is 2.85 bits per heavy atom. The molecule has 2 aliphatic rings. The van der Waals surface area contributed by atoms with Crippen LogP contribution in [-0.4, -0.2) is 64.0 Å². The minimum Gasteiger partial charge on any atom is -0.325 e. The SMILES string of the molecule is CN(CCCC1CCCCN1CC(=O)Nc1ccccc1)[C@@H]1Cc2cccc3[nH]c(=O)n(c23)C1. The number of carbonyl (C=O) groups excluding carboxylic acids is 1. The average Bonchev–Trinajstić information content (AvgIpc) is 3.17. The topological polar surface area (TPSA) is 73.4 Å². The van der Waals surface area contributed by atoms with Gasteiger partial charge < -0.3 is 15.2 Å². The van der Waals surface area contributed by atoms with Gasteiger partial charge >= 0.3 is 5.69 Å². The number of rotatable bonds is 8. The van der Waals surface area contributed by atoms with Crippen LogP contribution in [0.25, 0.3) is 11.0 Å². The second kappa shape index (κ2) is 10.2. The highest BCUT2D eigenvalue weighted by Crippen LogP contribution is 2.25. The number of hydrogen-bond donors (Lipinski definition) is 2. The lowest BCUT2D eigenvalue weighted by Crippen LogP contribution is -2.45. The fourth-order valence-corrected chi connectivity index (χ4v) is 5.72. The van der Waals surface area contributed by atoms with Gasteiger partial charge in [0, 0.05) is 24.3 Å². The van der Waals surface area contributed by atoms with Gasteiger partial charge in [-0.1, -0.05) is 36.8 Å². The van der Waals surface area contributed by atoms with Gasteiger partial charge in [-0.25, -0.2) is 4.79 Å². The van der Waals surface area contributed by atoms with Crippen LogP contribution >= 0.6 is 0 Å². The van der Waals surface area contributed by atoms with Gasteiger partial charge in [-0.15, -0.1) is 0 Å². The Morgan fingerprint density at radius 1 is 1.15 bits per heavy atom. The molecule has 5 rings (SSSR count). The third-order valence-electron chi connectivity index (χ3n) is 7.55. The van der Waals surface area contributed by atoms with Crippen LogP contribution in [0.1, 0.15) is 37.7 Å². The lowest BCUT2D eigenvalue weighted by atomic mass is 9.97. The number of likely N-dealkylation sites (tertiary alicyclic amines) is 1. The lowest BCUT2D eigenvalue weighted by Gasteiger charge is -2.36. The third kappa shape index (κ3) is 4.95. The number of aromatic nitrogens is 2. The zero-order valence-electron chi connectivity index (χ0n) is 20.0. The summed E-state index contributed by atoms with van der Waals surface area (Å²) in [6.07, 6.45) is 6.73. The van der Waals surface area contributed by atoms with Crippen molar-refractivity contribution in [2.75, 3.05) is 32.0 Å². The molecule has 2 N–H and O–H groups in total. The highest BCUT2D eigenvalue weighted by molar-refractivity contribution is 5.92. The van der Waals surface area contributed by atoms with Crippen LogP contribution in [0.15, 0.2) is 53.3 Å². The van der Waals surface area contributed by atoms with Gasteiger partial charge in [-0.05, 0) is 76.0 Å². The first kappa shape index (κ1) is 22.9. The number of imidazole rings is 1. The van der Waals surface area contributed by atoms with Crippen molar-refractivity contribution in [1.82, 2.24) is 19.4 Å². The molecule has 0 bridgehead atoms. The van der Waals surface area contributed by atoms with Crippen LogP contribution in [0.5, 0.6) is 0 Å². The Hall–Kier alpha value is -2.90. The molecule has 180 valence electrons. The van der Waals surface area contributed by atoms with Gasteiger partial charge in [-0.3, -0.25) is 14.3 Å². The number of H-pyrrole nitrogens is 1. The van der Waals surface area contributed by atoms with Crippen molar-refractivity contribution < 1.29 is 4.79 Å². The number of para-hydroxylation sites is 2. The van der Waals surface area contributed by atoms with Gasteiger partial charge in [0.15, 0.2) is 0 Å². The van der Waals surface area contributed by atoms with Crippen molar-refractivity contribution >= 4 is 22.6 Å². The minimum atomic E-state index is -0.00724. The fraction of sp³-hybridized carbons (Fsp3) is 0.481. The lowest BCUT2D eigenvalue weighted by molar-refractivity contribution is -0.118. The Balaban J connectivity index is 1.13. The van der Waals surface area contributed by atoms with E-state index in [-0.39, 0.29) is 11.6 Å². The van der Waals surface area contributed by atoms with Crippen molar-refractivity contribution in [3.8, 4) is 0 Å². The number of likely N-dealkylation sites (N-methyl/N-ethyl adjacent to an activating group) is 1. The number of amides is 1. The zero-order valence-corrected chi connectivity index (χ0v) is 20.0. The summed E-state index contributed by atoms with van der Waals surface area (Å²) in [6, 6.07) is 16.6. The van der Waals surface area contributed by atoms with E-state index < -0.39 is 0 Å². The van der Waals surface area contributed by atoms with Gasteiger partial charge in [0.25, 0.3) is 0 Å². The summed E-state index contributed by atoms with van der Waals surface area (Å²) in [4.78, 5) is 32.8. The predicted octanol–water partition coefficient (Wildman–Crippen LogP) is 3.46. The molecule has 1 amide bonds. The summed E-state index contributed by atoms with van der Waals surface area (Å²) in [6.45, 7) is 3.19. The number of nitrogens with zero attached hydrogens (tertiary/aromatic N) is 3. The zero-order chi connectivity index (χ0) is 23.5. The first-order valence-electron chi connectivity index (χ1n) is 12.6. The predicted molar refractivity (Wildman–Crippen MR) is 136 cm³/mol. The molecule has 7 heteroatoms. The minimum absolute atomic E-state index is 0.00724. The van der Waals surface area contributed by atoms with Crippen LogP contribution in [0.2, 0.25) is 0 Å². The normalized spacial score (nSPS) is 20.6. The molecule has 2 aromatic carbocycles. The molecular weight excluding hydrogens is 426 g/mol. The molecular formula is C27H35N5O2. The largest absolute Gasteiger partial charge is 0.326 e. The van der Waals surface area contributed by atoms with Crippen molar-refractivity contribution in [1.29, 1.82) is 0 Å². The highest BCUT2D eigenvalue weighted by atomic mass is 16.2. The van der Waals surface area contributed by atoms with E-state index in [1.165, 1.54) is 12.0 Å². The average molecular weight is 462 g/mol. The van der Waals surface area contributed by atoms with Crippen LogP contribution in [0.3, 0.4) is 0 Å². The van der Waals surface area contributed by atoms with E-state index in [0.29, 0.717) is 18.6 Å². The highest BCUT2D eigenvalue weighted by Gasteiger charge is 2.27. The monoisotopic (exact) mass is 461 g/mol.